The molecule has 0 fully saturated rings. The fourth-order valence-electron chi connectivity index (χ4n) is 2.47. The van der Waals surface area contributed by atoms with E-state index >= 15 is 0 Å². The highest BCUT2D eigenvalue weighted by Crippen LogP contribution is 2.37. The lowest BCUT2D eigenvalue weighted by atomic mass is 10.0. The van der Waals surface area contributed by atoms with Gasteiger partial charge in [-0.25, -0.2) is 9.97 Å². The summed E-state index contributed by atoms with van der Waals surface area (Å²) < 4.78 is 38.0. The molecule has 6 heteroatoms. The summed E-state index contributed by atoms with van der Waals surface area (Å²) >= 11 is 0. The summed E-state index contributed by atoms with van der Waals surface area (Å²) in [6, 6.07) is 5.59. The van der Waals surface area contributed by atoms with E-state index in [9.17, 15) is 13.2 Å². The van der Waals surface area contributed by atoms with Crippen LogP contribution in [-0.2, 0) is 12.6 Å². The average molecular weight is 279 g/mol. The highest BCUT2D eigenvalue weighted by atomic mass is 19.4. The molecule has 2 aromatic rings. The molecule has 1 aromatic carbocycles. The maximum Gasteiger partial charge on any atom is 0.416 e. The number of benzene rings is 1. The van der Waals surface area contributed by atoms with E-state index in [4.69, 9.17) is 0 Å². The van der Waals surface area contributed by atoms with Gasteiger partial charge in [0.15, 0.2) is 0 Å². The first-order valence-electron chi connectivity index (χ1n) is 6.27. The number of halogens is 3. The zero-order valence-electron chi connectivity index (χ0n) is 10.5. The third kappa shape index (κ3) is 2.45. The minimum absolute atomic E-state index is 0.0327. The first kappa shape index (κ1) is 12.9. The van der Waals surface area contributed by atoms with Gasteiger partial charge in [0.2, 0.25) is 5.95 Å². The molecule has 0 amide bonds. The first-order chi connectivity index (χ1) is 9.54. The van der Waals surface area contributed by atoms with Gasteiger partial charge in [-0.3, -0.25) is 0 Å². The second-order valence-corrected chi connectivity index (χ2v) is 4.72. The second-order valence-electron chi connectivity index (χ2n) is 4.72. The Hall–Kier alpha value is -2.11. The zero-order chi connectivity index (χ0) is 14.2. The van der Waals surface area contributed by atoms with Gasteiger partial charge in [0.25, 0.3) is 0 Å². The van der Waals surface area contributed by atoms with Gasteiger partial charge in [-0.2, -0.15) is 13.2 Å². The van der Waals surface area contributed by atoms with Gasteiger partial charge >= 0.3 is 6.18 Å². The normalized spacial score (nSPS) is 17.9. The number of anilines is 1. The number of nitrogens with zero attached hydrogens (tertiary/aromatic N) is 2. The molecule has 1 unspecified atom stereocenters. The first-order valence-corrected chi connectivity index (χ1v) is 6.27. The Kier molecular flexibility index (Phi) is 3.08. The van der Waals surface area contributed by atoms with Crippen LogP contribution in [0, 0.1) is 0 Å². The Labute approximate surface area is 113 Å². The molecule has 3 nitrogen and oxygen atoms in total. The highest BCUT2D eigenvalue weighted by Gasteiger charge is 2.33. The summed E-state index contributed by atoms with van der Waals surface area (Å²) in [6.45, 7) is 0. The topological polar surface area (TPSA) is 37.8 Å². The van der Waals surface area contributed by atoms with Crippen molar-refractivity contribution in [3.63, 3.8) is 0 Å². The Morgan fingerprint density at radius 2 is 1.90 bits per heavy atom. The fraction of sp³-hybridized carbons (Fsp3) is 0.286. The number of aromatic nitrogens is 2. The lowest BCUT2D eigenvalue weighted by Gasteiger charge is -2.14. The number of fused-ring (bicyclic) bond motifs is 1. The monoisotopic (exact) mass is 279 g/mol. The largest absolute Gasteiger partial charge is 0.416 e. The van der Waals surface area contributed by atoms with Gasteiger partial charge < -0.3 is 5.32 Å². The number of aryl methyl sites for hydroxylation is 1. The van der Waals surface area contributed by atoms with E-state index < -0.39 is 11.7 Å². The summed E-state index contributed by atoms with van der Waals surface area (Å²) in [5, 5.41) is 3.15. The molecular weight excluding hydrogens is 267 g/mol. The second kappa shape index (κ2) is 4.77. The smallest absolute Gasteiger partial charge is 0.347 e. The molecule has 104 valence electrons. The van der Waals surface area contributed by atoms with Crippen molar-refractivity contribution in [1.82, 2.24) is 9.97 Å². The minimum Gasteiger partial charge on any atom is -0.347 e. The standard InChI is InChI=1S/C14H12F3N3/c15-14(16,17)10-3-4-11-9(8-10)2-5-12(11)20-13-18-6-1-7-19-13/h1,3-4,6-8,12H,2,5H2,(H,18,19,20). The van der Waals surface area contributed by atoms with Crippen molar-refractivity contribution in [2.45, 2.75) is 25.1 Å². The molecule has 1 aliphatic rings. The molecule has 0 bridgehead atoms. The van der Waals surface area contributed by atoms with Crippen molar-refractivity contribution in [3.8, 4) is 0 Å². The number of alkyl halides is 3. The number of nitrogens with one attached hydrogen (secondary N) is 1. The molecule has 1 atom stereocenters. The van der Waals surface area contributed by atoms with Crippen LogP contribution in [-0.4, -0.2) is 9.97 Å². The lowest BCUT2D eigenvalue weighted by Crippen LogP contribution is -2.10. The molecule has 0 saturated carbocycles. The molecule has 0 radical (unpaired) electrons. The summed E-state index contributed by atoms with van der Waals surface area (Å²) in [4.78, 5) is 8.14. The van der Waals surface area contributed by atoms with Gasteiger partial charge in [-0.15, -0.1) is 0 Å². The molecule has 1 aliphatic carbocycles. The predicted molar refractivity (Wildman–Crippen MR) is 68.2 cm³/mol. The Morgan fingerprint density at radius 3 is 2.60 bits per heavy atom. The third-order valence-electron chi connectivity index (χ3n) is 3.42. The van der Waals surface area contributed by atoms with E-state index in [1.54, 1.807) is 24.5 Å². The Balaban J connectivity index is 1.84. The van der Waals surface area contributed by atoms with Crippen LogP contribution in [0.15, 0.2) is 36.7 Å². The van der Waals surface area contributed by atoms with Crippen molar-refractivity contribution < 1.29 is 13.2 Å². The van der Waals surface area contributed by atoms with Crippen LogP contribution in [0.25, 0.3) is 0 Å². The molecule has 1 N–H and O–H groups in total. The Bertz CT molecular complexity index is 611. The highest BCUT2D eigenvalue weighted by molar-refractivity contribution is 5.43. The maximum atomic E-state index is 12.7. The van der Waals surface area contributed by atoms with Crippen LogP contribution in [0.1, 0.15) is 29.2 Å². The molecule has 0 saturated heterocycles. The zero-order valence-corrected chi connectivity index (χ0v) is 10.5. The van der Waals surface area contributed by atoms with E-state index in [1.165, 1.54) is 6.07 Å². The predicted octanol–water partition coefficient (Wildman–Crippen LogP) is 3.59. The lowest BCUT2D eigenvalue weighted by molar-refractivity contribution is -0.137. The molecular formula is C14H12F3N3. The molecule has 3 rings (SSSR count). The third-order valence-corrected chi connectivity index (χ3v) is 3.42. The number of hydrogen-bond donors (Lipinski definition) is 1. The quantitative estimate of drug-likeness (QED) is 0.912. The van der Waals surface area contributed by atoms with Crippen LogP contribution in [0.3, 0.4) is 0 Å². The van der Waals surface area contributed by atoms with Gasteiger partial charge in [0.1, 0.15) is 0 Å². The maximum absolute atomic E-state index is 12.7. The van der Waals surface area contributed by atoms with E-state index in [0.29, 0.717) is 12.4 Å². The van der Waals surface area contributed by atoms with E-state index in [-0.39, 0.29) is 6.04 Å². The van der Waals surface area contributed by atoms with Crippen LogP contribution in [0.5, 0.6) is 0 Å². The fourth-order valence-corrected chi connectivity index (χ4v) is 2.47. The van der Waals surface area contributed by atoms with Gasteiger partial charge in [0.05, 0.1) is 11.6 Å². The van der Waals surface area contributed by atoms with Crippen LogP contribution >= 0.6 is 0 Å². The molecule has 1 aromatic heterocycles. The molecule has 0 spiro atoms. The van der Waals surface area contributed by atoms with Crippen molar-refractivity contribution in [3.05, 3.63) is 53.3 Å². The van der Waals surface area contributed by atoms with Gasteiger partial charge in [-0.05, 0) is 42.2 Å². The molecule has 20 heavy (non-hydrogen) atoms. The van der Waals surface area contributed by atoms with E-state index in [1.807, 2.05) is 0 Å². The summed E-state index contributed by atoms with van der Waals surface area (Å²) in [5.74, 6) is 0.491. The average Bonchev–Trinajstić information content (AvgIpc) is 2.81. The number of rotatable bonds is 2. The van der Waals surface area contributed by atoms with Crippen molar-refractivity contribution >= 4 is 5.95 Å². The van der Waals surface area contributed by atoms with Crippen molar-refractivity contribution in [2.24, 2.45) is 0 Å². The molecule has 0 aliphatic heterocycles. The van der Waals surface area contributed by atoms with E-state index in [0.717, 1.165) is 23.6 Å². The van der Waals surface area contributed by atoms with Gasteiger partial charge in [-0.1, -0.05) is 6.07 Å². The minimum atomic E-state index is -4.29. The Morgan fingerprint density at radius 1 is 1.15 bits per heavy atom. The van der Waals surface area contributed by atoms with Crippen molar-refractivity contribution in [2.75, 3.05) is 5.32 Å². The van der Waals surface area contributed by atoms with Crippen LogP contribution in [0.4, 0.5) is 19.1 Å². The molecule has 1 heterocycles. The van der Waals surface area contributed by atoms with Gasteiger partial charge in [0, 0.05) is 12.4 Å². The van der Waals surface area contributed by atoms with E-state index in [2.05, 4.69) is 15.3 Å². The summed E-state index contributed by atoms with van der Waals surface area (Å²) in [5.41, 5.74) is 1.05. The summed E-state index contributed by atoms with van der Waals surface area (Å²) in [6.07, 6.45) is 0.331. The van der Waals surface area contributed by atoms with Crippen molar-refractivity contribution in [1.29, 1.82) is 0 Å². The number of hydrogen-bond acceptors (Lipinski definition) is 3. The van der Waals surface area contributed by atoms with Crippen LogP contribution < -0.4 is 5.32 Å². The summed E-state index contributed by atoms with van der Waals surface area (Å²) in [7, 11) is 0. The van der Waals surface area contributed by atoms with Crippen LogP contribution in [0.2, 0.25) is 0 Å². The SMILES string of the molecule is FC(F)(F)c1ccc2c(c1)CCC2Nc1ncccn1.